The van der Waals surface area contributed by atoms with Crippen molar-refractivity contribution in [3.63, 3.8) is 0 Å². The van der Waals surface area contributed by atoms with Crippen LogP contribution in [0.2, 0.25) is 0 Å². The van der Waals surface area contributed by atoms with Crippen LogP contribution >= 0.6 is 0 Å². The molecule has 0 amide bonds. The highest BCUT2D eigenvalue weighted by Crippen LogP contribution is 2.42. The second-order valence-electron chi connectivity index (χ2n) is 7.30. The third kappa shape index (κ3) is 5.69. The molecule has 1 fully saturated rings. The van der Waals surface area contributed by atoms with Crippen molar-refractivity contribution in [1.29, 1.82) is 0 Å². The van der Waals surface area contributed by atoms with Gasteiger partial charge in [-0.1, -0.05) is 30.3 Å². The van der Waals surface area contributed by atoms with E-state index in [0.29, 0.717) is 0 Å². The lowest BCUT2D eigenvalue weighted by atomic mass is 10.1. The van der Waals surface area contributed by atoms with E-state index >= 15 is 0 Å². The number of ether oxygens (including phenoxy) is 1. The summed E-state index contributed by atoms with van der Waals surface area (Å²) in [4.78, 5) is 12.2. The Balaban J connectivity index is 1.90. The molecular weight excluding hydrogens is 326 g/mol. The van der Waals surface area contributed by atoms with Gasteiger partial charge in [-0.3, -0.25) is 4.79 Å². The summed E-state index contributed by atoms with van der Waals surface area (Å²) in [6.07, 6.45) is 1.01. The largest absolute Gasteiger partial charge is 0.461 e. The Kier molecular flexibility index (Phi) is 6.54. The number of aliphatic hydroxyl groups excluding tert-OH is 1. The minimum Gasteiger partial charge on any atom is -0.461 e. The first-order chi connectivity index (χ1) is 11.3. The number of carbonyl (C=O) groups is 1. The molecule has 24 heavy (non-hydrogen) atoms. The topological polar surface area (TPSA) is 75.6 Å². The predicted octanol–water partition coefficient (Wildman–Crippen LogP) is 2.17. The molecule has 1 aromatic rings. The summed E-state index contributed by atoms with van der Waals surface area (Å²) in [5.41, 5.74) is 0.938. The lowest BCUT2D eigenvalue weighted by molar-refractivity contribution is -0.145. The maximum absolute atomic E-state index is 12.3. The average Bonchev–Trinajstić information content (AvgIpc) is 3.32. The van der Waals surface area contributed by atoms with Crippen molar-refractivity contribution >= 4 is 17.0 Å². The van der Waals surface area contributed by atoms with Crippen LogP contribution in [0.15, 0.2) is 30.3 Å². The number of esters is 1. The molecule has 1 aliphatic carbocycles. The van der Waals surface area contributed by atoms with Crippen LogP contribution in [-0.2, 0) is 27.1 Å². The van der Waals surface area contributed by atoms with Gasteiger partial charge in [0.15, 0.2) is 0 Å². The van der Waals surface area contributed by atoms with Crippen molar-refractivity contribution in [2.24, 2.45) is 11.8 Å². The normalized spacial score (nSPS) is 22.7. The first-order valence-electron chi connectivity index (χ1n) is 8.29. The van der Waals surface area contributed by atoms with Crippen molar-refractivity contribution in [2.45, 2.75) is 51.0 Å². The predicted molar refractivity (Wildman–Crippen MR) is 94.4 cm³/mol. The molecule has 1 aromatic carbocycles. The van der Waals surface area contributed by atoms with Gasteiger partial charge in [-0.05, 0) is 44.6 Å². The van der Waals surface area contributed by atoms with Gasteiger partial charge < -0.3 is 9.84 Å². The van der Waals surface area contributed by atoms with Crippen molar-refractivity contribution in [3.8, 4) is 0 Å². The van der Waals surface area contributed by atoms with Crippen LogP contribution in [0.25, 0.3) is 0 Å². The zero-order chi connectivity index (χ0) is 17.7. The molecule has 0 bridgehead atoms. The second-order valence-corrected chi connectivity index (χ2v) is 9.30. The minimum atomic E-state index is -1.26. The highest BCUT2D eigenvalue weighted by atomic mass is 32.2. The van der Waals surface area contributed by atoms with Crippen molar-refractivity contribution in [2.75, 3.05) is 6.61 Å². The summed E-state index contributed by atoms with van der Waals surface area (Å²) in [5, 5.41) is 9.29. The first kappa shape index (κ1) is 19.1. The monoisotopic (exact) mass is 353 g/mol. The molecule has 0 saturated heterocycles. The zero-order valence-corrected chi connectivity index (χ0v) is 15.3. The van der Waals surface area contributed by atoms with E-state index in [9.17, 15) is 14.1 Å². The molecule has 2 N–H and O–H groups in total. The molecule has 1 aliphatic rings. The Morgan fingerprint density at radius 1 is 1.38 bits per heavy atom. The smallest absolute Gasteiger partial charge is 0.307 e. The Morgan fingerprint density at radius 3 is 2.58 bits per heavy atom. The van der Waals surface area contributed by atoms with E-state index in [1.54, 1.807) is 0 Å². The van der Waals surface area contributed by atoms with Crippen molar-refractivity contribution in [1.82, 2.24) is 4.72 Å². The molecule has 0 unspecified atom stereocenters. The summed E-state index contributed by atoms with van der Waals surface area (Å²) in [7, 11) is -1.26. The third-order valence-corrected chi connectivity index (χ3v) is 5.80. The Bertz CT molecular complexity index is 570. The fourth-order valence-electron chi connectivity index (χ4n) is 2.54. The highest BCUT2D eigenvalue weighted by molar-refractivity contribution is 7.84. The van der Waals surface area contributed by atoms with Gasteiger partial charge >= 0.3 is 5.97 Å². The van der Waals surface area contributed by atoms with Crippen LogP contribution in [0.3, 0.4) is 0 Å². The second kappa shape index (κ2) is 8.23. The van der Waals surface area contributed by atoms with E-state index in [0.717, 1.165) is 12.0 Å². The molecule has 4 atom stereocenters. The van der Waals surface area contributed by atoms with Gasteiger partial charge in [0.05, 0.1) is 22.2 Å². The van der Waals surface area contributed by atoms with Crippen LogP contribution in [0.5, 0.6) is 0 Å². The van der Waals surface area contributed by atoms with Gasteiger partial charge in [0.25, 0.3) is 0 Å². The van der Waals surface area contributed by atoms with E-state index < -0.39 is 15.7 Å². The minimum absolute atomic E-state index is 0.101. The maximum Gasteiger partial charge on any atom is 0.307 e. The van der Waals surface area contributed by atoms with Gasteiger partial charge in [0, 0.05) is 12.6 Å². The quantitative estimate of drug-likeness (QED) is 0.702. The summed E-state index contributed by atoms with van der Waals surface area (Å²) in [5.74, 6) is 0.0396. The fourth-order valence-corrected chi connectivity index (χ4v) is 3.43. The van der Waals surface area contributed by atoms with Crippen LogP contribution < -0.4 is 4.72 Å². The molecule has 0 aromatic heterocycles. The molecule has 2 rings (SSSR count). The number of hydrogen-bond donors (Lipinski definition) is 2. The average molecular weight is 353 g/mol. The molecular formula is C18H27NO4S. The molecule has 0 heterocycles. The van der Waals surface area contributed by atoms with Crippen LogP contribution in [-0.4, -0.2) is 32.7 Å². The molecule has 6 heteroatoms. The van der Waals surface area contributed by atoms with Gasteiger partial charge in [-0.2, -0.15) is 0 Å². The number of nitrogens with one attached hydrogen (secondary N) is 1. The van der Waals surface area contributed by atoms with E-state index in [-0.39, 0.29) is 43.5 Å². The lowest BCUT2D eigenvalue weighted by Crippen LogP contribution is -2.42. The summed E-state index contributed by atoms with van der Waals surface area (Å²) in [6.45, 7) is 6.00. The fraction of sp³-hybridized carbons (Fsp3) is 0.611. The number of aliphatic hydroxyl groups is 1. The van der Waals surface area contributed by atoms with Crippen LogP contribution in [0.4, 0.5) is 0 Å². The van der Waals surface area contributed by atoms with E-state index in [4.69, 9.17) is 4.74 Å². The van der Waals surface area contributed by atoms with Crippen molar-refractivity contribution < 1.29 is 18.8 Å². The molecule has 1 saturated carbocycles. The number of hydrogen-bond acceptors (Lipinski definition) is 4. The Morgan fingerprint density at radius 2 is 2.04 bits per heavy atom. The number of carbonyl (C=O) groups excluding carboxylic acids is 1. The summed E-state index contributed by atoms with van der Waals surface area (Å²) < 4.78 is 20.3. The van der Waals surface area contributed by atoms with E-state index in [1.807, 2.05) is 51.1 Å². The number of rotatable bonds is 8. The van der Waals surface area contributed by atoms with E-state index in [2.05, 4.69) is 4.72 Å². The molecule has 134 valence electrons. The highest BCUT2D eigenvalue weighted by Gasteiger charge is 2.44. The zero-order valence-electron chi connectivity index (χ0n) is 14.5. The number of benzene rings is 1. The van der Waals surface area contributed by atoms with Crippen LogP contribution in [0.1, 0.15) is 39.2 Å². The van der Waals surface area contributed by atoms with Crippen LogP contribution in [0, 0.1) is 11.8 Å². The van der Waals surface area contributed by atoms with Gasteiger partial charge in [-0.15, -0.1) is 0 Å². The lowest BCUT2D eigenvalue weighted by Gasteiger charge is -2.24. The Labute approximate surface area is 146 Å². The molecule has 0 aliphatic heterocycles. The SMILES string of the molecule is CC(C)(C)[S@](=O)N[C@H](CC(=O)OCc1ccccc1)[C@@H]1C[C@@H]1CO. The molecule has 0 spiro atoms. The first-order valence-corrected chi connectivity index (χ1v) is 9.44. The summed E-state index contributed by atoms with van der Waals surface area (Å²) >= 11 is 0. The van der Waals surface area contributed by atoms with Crippen molar-refractivity contribution in [3.05, 3.63) is 35.9 Å². The molecule has 0 radical (unpaired) electrons. The Hall–Kier alpha value is -1.24. The van der Waals surface area contributed by atoms with Gasteiger partial charge in [-0.25, -0.2) is 8.93 Å². The molecule has 5 nitrogen and oxygen atoms in total. The van der Waals surface area contributed by atoms with Gasteiger partial charge in [0.1, 0.15) is 6.61 Å². The standard InChI is InChI=1S/C18H27NO4S/c1-18(2,3)24(22)19-16(15-9-14(15)11-20)10-17(21)23-12-13-7-5-4-6-8-13/h4-8,14-16,19-20H,9-12H2,1-3H3/t14-,15-,16-,24+/m1/s1. The van der Waals surface area contributed by atoms with Gasteiger partial charge in [0.2, 0.25) is 0 Å². The summed E-state index contributed by atoms with van der Waals surface area (Å²) in [6, 6.07) is 9.28. The maximum atomic E-state index is 12.3. The third-order valence-electron chi connectivity index (χ3n) is 4.17. The van der Waals surface area contributed by atoms with E-state index in [1.165, 1.54) is 0 Å².